The van der Waals surface area contributed by atoms with E-state index in [4.69, 9.17) is 20.4 Å². The van der Waals surface area contributed by atoms with Gasteiger partial charge < -0.3 is 30.8 Å². The van der Waals surface area contributed by atoms with Crippen LogP contribution in [0.3, 0.4) is 0 Å². The number of nitrogens with zero attached hydrogens (tertiary/aromatic N) is 1. The fourth-order valence-corrected chi connectivity index (χ4v) is 2.25. The molecule has 26 heavy (non-hydrogen) atoms. The molecule has 1 unspecified atom stereocenters. The number of hydrogen-bond donors (Lipinski definition) is 4. The lowest BCUT2D eigenvalue weighted by molar-refractivity contribution is -0.138. The SMILES string of the molecule is COc1cc(OC)cc(C(Nc2ccc(C(N)=NO)cc2)C(=O)O)c1.Cl. The first-order valence-electron chi connectivity index (χ1n) is 7.28. The molecule has 5 N–H and O–H groups in total. The van der Waals surface area contributed by atoms with Gasteiger partial charge in [0.05, 0.1) is 14.2 Å². The summed E-state index contributed by atoms with van der Waals surface area (Å²) >= 11 is 0. The summed E-state index contributed by atoms with van der Waals surface area (Å²) < 4.78 is 10.4. The molecular formula is C17H20ClN3O5. The van der Waals surface area contributed by atoms with E-state index in [0.717, 1.165) is 0 Å². The number of carboxylic acid groups (broad SMARTS) is 1. The Morgan fingerprint density at radius 2 is 1.65 bits per heavy atom. The topological polar surface area (TPSA) is 126 Å². The van der Waals surface area contributed by atoms with Crippen molar-refractivity contribution in [3.05, 3.63) is 53.6 Å². The summed E-state index contributed by atoms with van der Waals surface area (Å²) in [6.45, 7) is 0. The monoisotopic (exact) mass is 381 g/mol. The number of amidine groups is 1. The van der Waals surface area contributed by atoms with Gasteiger partial charge in [-0.1, -0.05) is 5.16 Å². The van der Waals surface area contributed by atoms with Crippen molar-refractivity contribution in [2.24, 2.45) is 10.9 Å². The highest BCUT2D eigenvalue weighted by molar-refractivity contribution is 5.97. The lowest BCUT2D eigenvalue weighted by atomic mass is 10.1. The molecule has 140 valence electrons. The summed E-state index contributed by atoms with van der Waals surface area (Å²) in [5.41, 5.74) is 7.06. The number of halogens is 1. The van der Waals surface area contributed by atoms with Crippen LogP contribution < -0.4 is 20.5 Å². The van der Waals surface area contributed by atoms with E-state index in [0.29, 0.717) is 28.3 Å². The van der Waals surface area contributed by atoms with E-state index in [1.54, 1.807) is 42.5 Å². The smallest absolute Gasteiger partial charge is 0.330 e. The molecule has 2 aromatic rings. The van der Waals surface area contributed by atoms with Crippen LogP contribution in [0.5, 0.6) is 11.5 Å². The largest absolute Gasteiger partial charge is 0.497 e. The third kappa shape index (κ3) is 4.93. The first-order valence-corrected chi connectivity index (χ1v) is 7.28. The summed E-state index contributed by atoms with van der Waals surface area (Å²) in [6.07, 6.45) is 0. The Labute approximate surface area is 156 Å². The van der Waals surface area contributed by atoms with E-state index in [-0.39, 0.29) is 18.2 Å². The zero-order valence-corrected chi connectivity index (χ0v) is 15.0. The van der Waals surface area contributed by atoms with Gasteiger partial charge in [0.25, 0.3) is 0 Å². The molecule has 9 heteroatoms. The number of nitrogens with one attached hydrogen (secondary N) is 1. The van der Waals surface area contributed by atoms with Gasteiger partial charge in [-0.25, -0.2) is 4.79 Å². The second kappa shape index (κ2) is 9.38. The molecule has 2 rings (SSSR count). The van der Waals surface area contributed by atoms with E-state index >= 15 is 0 Å². The van der Waals surface area contributed by atoms with Crippen LogP contribution in [-0.4, -0.2) is 36.3 Å². The molecule has 0 spiro atoms. The van der Waals surface area contributed by atoms with E-state index in [1.807, 2.05) is 0 Å². The molecule has 0 bridgehead atoms. The van der Waals surface area contributed by atoms with Crippen molar-refractivity contribution in [2.75, 3.05) is 19.5 Å². The van der Waals surface area contributed by atoms with Crippen molar-refractivity contribution < 1.29 is 24.6 Å². The number of aliphatic carboxylic acids is 1. The normalized spacial score (nSPS) is 11.8. The fourth-order valence-electron chi connectivity index (χ4n) is 2.25. The first kappa shape index (κ1) is 20.9. The van der Waals surface area contributed by atoms with Gasteiger partial charge in [-0.2, -0.15) is 0 Å². The predicted molar refractivity (Wildman–Crippen MR) is 99.7 cm³/mol. The van der Waals surface area contributed by atoms with Crippen LogP contribution in [0.2, 0.25) is 0 Å². The van der Waals surface area contributed by atoms with Gasteiger partial charge in [0.2, 0.25) is 0 Å². The quantitative estimate of drug-likeness (QED) is 0.251. The fraction of sp³-hybridized carbons (Fsp3) is 0.176. The number of nitrogens with two attached hydrogens (primary N) is 1. The number of anilines is 1. The molecule has 0 aliphatic rings. The van der Waals surface area contributed by atoms with Crippen molar-refractivity contribution >= 4 is 29.9 Å². The maximum Gasteiger partial charge on any atom is 0.330 e. The molecule has 0 aliphatic heterocycles. The molecule has 0 amide bonds. The number of carboxylic acids is 1. The Balaban J connectivity index is 0.00000338. The Kier molecular flexibility index (Phi) is 7.54. The minimum absolute atomic E-state index is 0. The molecule has 0 fully saturated rings. The van der Waals surface area contributed by atoms with E-state index in [1.165, 1.54) is 14.2 Å². The number of benzene rings is 2. The van der Waals surface area contributed by atoms with Gasteiger partial charge in [0, 0.05) is 17.3 Å². The highest BCUT2D eigenvalue weighted by atomic mass is 35.5. The van der Waals surface area contributed by atoms with E-state index < -0.39 is 12.0 Å². The van der Waals surface area contributed by atoms with E-state index in [9.17, 15) is 9.90 Å². The Morgan fingerprint density at radius 3 is 2.08 bits per heavy atom. The van der Waals surface area contributed by atoms with Crippen molar-refractivity contribution in [3.63, 3.8) is 0 Å². The second-order valence-corrected chi connectivity index (χ2v) is 5.12. The number of methoxy groups -OCH3 is 2. The molecule has 1 atom stereocenters. The lowest BCUT2D eigenvalue weighted by Crippen LogP contribution is -2.21. The van der Waals surface area contributed by atoms with Gasteiger partial charge in [0.15, 0.2) is 11.9 Å². The van der Waals surface area contributed by atoms with Crippen LogP contribution in [0, 0.1) is 0 Å². The maximum atomic E-state index is 11.7. The Hall–Kier alpha value is -3.13. The average Bonchev–Trinajstić information content (AvgIpc) is 2.65. The summed E-state index contributed by atoms with van der Waals surface area (Å²) in [7, 11) is 2.99. The van der Waals surface area contributed by atoms with Crippen LogP contribution in [0.4, 0.5) is 5.69 Å². The molecule has 8 nitrogen and oxygen atoms in total. The van der Waals surface area contributed by atoms with Gasteiger partial charge >= 0.3 is 5.97 Å². The molecule has 0 aliphatic carbocycles. The summed E-state index contributed by atoms with van der Waals surface area (Å²) in [6, 6.07) is 10.4. The Morgan fingerprint density at radius 1 is 1.12 bits per heavy atom. The minimum Gasteiger partial charge on any atom is -0.497 e. The molecule has 0 aromatic heterocycles. The number of hydrogen-bond acceptors (Lipinski definition) is 6. The summed E-state index contributed by atoms with van der Waals surface area (Å²) in [4.78, 5) is 11.7. The van der Waals surface area contributed by atoms with E-state index in [2.05, 4.69) is 10.5 Å². The molecule has 0 radical (unpaired) electrons. The number of ether oxygens (including phenoxy) is 2. The molecule has 0 saturated carbocycles. The third-order valence-electron chi connectivity index (χ3n) is 3.55. The third-order valence-corrected chi connectivity index (χ3v) is 3.55. The molecule has 0 saturated heterocycles. The van der Waals surface area contributed by atoms with Crippen molar-refractivity contribution in [1.29, 1.82) is 0 Å². The highest BCUT2D eigenvalue weighted by Gasteiger charge is 2.21. The van der Waals surface area contributed by atoms with Crippen LogP contribution in [0.1, 0.15) is 17.2 Å². The number of carbonyl (C=O) groups is 1. The average molecular weight is 382 g/mol. The van der Waals surface area contributed by atoms with Crippen molar-refractivity contribution in [1.82, 2.24) is 0 Å². The number of rotatable bonds is 7. The molecular weight excluding hydrogens is 362 g/mol. The van der Waals surface area contributed by atoms with Crippen LogP contribution in [0.25, 0.3) is 0 Å². The maximum absolute atomic E-state index is 11.7. The first-order chi connectivity index (χ1) is 12.0. The van der Waals surface area contributed by atoms with Gasteiger partial charge in [0.1, 0.15) is 11.5 Å². The van der Waals surface area contributed by atoms with Crippen LogP contribution >= 0.6 is 12.4 Å². The molecule has 0 heterocycles. The lowest BCUT2D eigenvalue weighted by Gasteiger charge is -2.18. The van der Waals surface area contributed by atoms with Crippen molar-refractivity contribution in [2.45, 2.75) is 6.04 Å². The van der Waals surface area contributed by atoms with Crippen molar-refractivity contribution in [3.8, 4) is 11.5 Å². The standard InChI is InChI=1S/C17H19N3O5.ClH/c1-24-13-7-11(8-14(9-13)25-2)15(17(21)22)19-12-5-3-10(4-6-12)16(18)20-23;/h3-9,15,19,23H,1-2H3,(H2,18,20)(H,21,22);1H. The zero-order valence-electron chi connectivity index (χ0n) is 14.2. The minimum atomic E-state index is -1.06. The van der Waals surface area contributed by atoms with Gasteiger partial charge in [-0.05, 0) is 42.0 Å². The summed E-state index contributed by atoms with van der Waals surface area (Å²) in [5.74, 6) is -0.107. The predicted octanol–water partition coefficient (Wildman–Crippen LogP) is 2.46. The van der Waals surface area contributed by atoms with Crippen LogP contribution in [0.15, 0.2) is 47.6 Å². The zero-order chi connectivity index (χ0) is 18.4. The number of oxime groups is 1. The second-order valence-electron chi connectivity index (χ2n) is 5.12. The summed E-state index contributed by atoms with van der Waals surface area (Å²) in [5, 5.41) is 24.1. The highest BCUT2D eigenvalue weighted by Crippen LogP contribution is 2.28. The Bertz CT molecular complexity index is 758. The van der Waals surface area contributed by atoms with Gasteiger partial charge in [-0.3, -0.25) is 0 Å². The van der Waals surface area contributed by atoms with Crippen LogP contribution in [-0.2, 0) is 4.79 Å². The van der Waals surface area contributed by atoms with Gasteiger partial charge in [-0.15, -0.1) is 12.4 Å². The molecule has 2 aromatic carbocycles.